The van der Waals surface area contributed by atoms with Crippen LogP contribution in [0.3, 0.4) is 0 Å². The van der Waals surface area contributed by atoms with Crippen molar-refractivity contribution in [3.05, 3.63) is 81.2 Å². The van der Waals surface area contributed by atoms with Crippen LogP contribution in [0.1, 0.15) is 43.2 Å². The van der Waals surface area contributed by atoms with E-state index in [4.69, 9.17) is 4.74 Å². The Bertz CT molecular complexity index is 1260. The average Bonchev–Trinajstić information content (AvgIpc) is 3.11. The van der Waals surface area contributed by atoms with Gasteiger partial charge in [-0.2, -0.15) is 0 Å². The maximum absolute atomic E-state index is 13.1. The topological polar surface area (TPSA) is 46.6 Å². The summed E-state index contributed by atoms with van der Waals surface area (Å²) in [6.07, 6.45) is 7.60. The average molecular weight is 536 g/mol. The predicted octanol–water partition coefficient (Wildman–Crippen LogP) is 7.80. The van der Waals surface area contributed by atoms with Gasteiger partial charge in [-0.3, -0.25) is 14.5 Å². The van der Waals surface area contributed by atoms with E-state index in [1.54, 1.807) is 6.08 Å². The van der Waals surface area contributed by atoms with E-state index in [1.165, 1.54) is 29.5 Å². The summed E-state index contributed by atoms with van der Waals surface area (Å²) < 4.78 is 7.11. The highest BCUT2D eigenvalue weighted by Crippen LogP contribution is 2.37. The molecule has 6 heteroatoms. The van der Waals surface area contributed by atoms with Crippen molar-refractivity contribution in [2.24, 2.45) is 5.92 Å². The van der Waals surface area contributed by atoms with E-state index < -0.39 is 0 Å². The molecule has 2 fully saturated rings. The maximum Gasteiger partial charge on any atom is 0.293 e. The Morgan fingerprint density at radius 3 is 2.65 bits per heavy atom. The van der Waals surface area contributed by atoms with Gasteiger partial charge >= 0.3 is 0 Å². The van der Waals surface area contributed by atoms with Gasteiger partial charge in [0.05, 0.1) is 4.91 Å². The molecule has 174 valence electrons. The quantitative estimate of drug-likeness (QED) is 0.302. The lowest BCUT2D eigenvalue weighted by molar-refractivity contribution is -0.123. The molecule has 0 bridgehead atoms. The van der Waals surface area contributed by atoms with Gasteiger partial charge in [0.15, 0.2) is 0 Å². The first-order valence-electron chi connectivity index (χ1n) is 11.7. The lowest BCUT2D eigenvalue weighted by atomic mass is 9.89. The first kappa shape index (κ1) is 23.2. The second-order valence-electron chi connectivity index (χ2n) is 8.91. The van der Waals surface area contributed by atoms with Crippen LogP contribution in [0.25, 0.3) is 16.8 Å². The number of halogens is 1. The SMILES string of the molecule is O=C1S/C(=C/c2cc(Br)ccc2OCc2cccc3ccccc23)C(=O)N1CC1CCCCC1. The molecular formula is C28H26BrNO3S. The van der Waals surface area contributed by atoms with Gasteiger partial charge in [-0.1, -0.05) is 77.7 Å². The zero-order valence-electron chi connectivity index (χ0n) is 18.8. The third-order valence-electron chi connectivity index (χ3n) is 6.56. The highest BCUT2D eigenvalue weighted by Gasteiger charge is 2.36. The Morgan fingerprint density at radius 1 is 1.00 bits per heavy atom. The van der Waals surface area contributed by atoms with Crippen molar-refractivity contribution in [3.8, 4) is 5.75 Å². The summed E-state index contributed by atoms with van der Waals surface area (Å²) in [5, 5.41) is 2.16. The van der Waals surface area contributed by atoms with Gasteiger partial charge in [0.2, 0.25) is 0 Å². The fourth-order valence-corrected chi connectivity index (χ4v) is 5.98. The molecule has 0 radical (unpaired) electrons. The fourth-order valence-electron chi connectivity index (χ4n) is 4.76. The van der Waals surface area contributed by atoms with Gasteiger partial charge < -0.3 is 4.74 Å². The minimum atomic E-state index is -0.194. The van der Waals surface area contributed by atoms with Crippen molar-refractivity contribution in [1.29, 1.82) is 0 Å². The standard InChI is InChI=1S/C28H26BrNO3S/c29-23-13-14-25(33-18-21-11-6-10-20-9-4-5-12-24(20)21)22(15-23)16-26-27(31)30(28(32)34-26)17-19-7-2-1-3-8-19/h4-6,9-16,19H,1-3,7-8,17-18H2/b26-16+. The molecule has 0 N–H and O–H groups in total. The smallest absolute Gasteiger partial charge is 0.293 e. The zero-order chi connectivity index (χ0) is 23.5. The molecule has 3 aromatic rings. The van der Waals surface area contributed by atoms with Gasteiger partial charge in [0.25, 0.3) is 11.1 Å². The van der Waals surface area contributed by atoms with Gasteiger partial charge in [-0.15, -0.1) is 0 Å². The molecule has 1 saturated carbocycles. The lowest BCUT2D eigenvalue weighted by Crippen LogP contribution is -2.34. The Balaban J connectivity index is 1.36. The first-order valence-corrected chi connectivity index (χ1v) is 13.3. The first-order chi connectivity index (χ1) is 16.6. The number of imide groups is 1. The molecule has 0 spiro atoms. The van der Waals surface area contributed by atoms with Crippen LogP contribution in [0.15, 0.2) is 70.0 Å². The van der Waals surface area contributed by atoms with E-state index in [9.17, 15) is 9.59 Å². The Kier molecular flexibility index (Phi) is 7.07. The molecule has 1 aliphatic heterocycles. The van der Waals surface area contributed by atoms with Crippen LogP contribution in [0.5, 0.6) is 5.75 Å². The summed E-state index contributed by atoms with van der Waals surface area (Å²) in [4.78, 5) is 27.6. The molecule has 3 aromatic carbocycles. The molecule has 4 nitrogen and oxygen atoms in total. The number of thioether (sulfide) groups is 1. The number of nitrogens with zero attached hydrogens (tertiary/aromatic N) is 1. The van der Waals surface area contributed by atoms with Crippen molar-refractivity contribution in [1.82, 2.24) is 4.90 Å². The van der Waals surface area contributed by atoms with Crippen molar-refractivity contribution in [2.45, 2.75) is 38.7 Å². The Labute approximate surface area is 212 Å². The fraction of sp³-hybridized carbons (Fsp3) is 0.286. The van der Waals surface area contributed by atoms with Crippen molar-refractivity contribution >= 4 is 55.7 Å². The van der Waals surface area contributed by atoms with Crippen molar-refractivity contribution < 1.29 is 14.3 Å². The van der Waals surface area contributed by atoms with E-state index in [0.717, 1.165) is 45.6 Å². The maximum atomic E-state index is 13.1. The Hall–Kier alpha value is -2.57. The van der Waals surface area contributed by atoms with Crippen LogP contribution in [-0.2, 0) is 11.4 Å². The molecule has 2 aliphatic rings. The molecule has 0 atom stereocenters. The monoisotopic (exact) mass is 535 g/mol. The summed E-state index contributed by atoms with van der Waals surface area (Å²) in [5.41, 5.74) is 1.87. The molecule has 0 aromatic heterocycles. The molecule has 5 rings (SSSR count). The largest absolute Gasteiger partial charge is 0.488 e. The van der Waals surface area contributed by atoms with E-state index in [1.807, 2.05) is 36.4 Å². The summed E-state index contributed by atoms with van der Waals surface area (Å²) in [6, 6.07) is 20.2. The number of ether oxygens (including phenoxy) is 1. The van der Waals surface area contributed by atoms with E-state index in [-0.39, 0.29) is 11.1 Å². The van der Waals surface area contributed by atoms with E-state index in [2.05, 4.69) is 40.2 Å². The zero-order valence-corrected chi connectivity index (χ0v) is 21.2. The molecule has 34 heavy (non-hydrogen) atoms. The van der Waals surface area contributed by atoms with Crippen LogP contribution in [0.4, 0.5) is 4.79 Å². The number of carbonyl (C=O) groups is 2. The second-order valence-corrected chi connectivity index (χ2v) is 10.8. The lowest BCUT2D eigenvalue weighted by Gasteiger charge is -2.25. The number of hydrogen-bond donors (Lipinski definition) is 0. The number of amides is 2. The molecular weight excluding hydrogens is 510 g/mol. The summed E-state index contributed by atoms with van der Waals surface area (Å²) in [5.74, 6) is 0.905. The van der Waals surface area contributed by atoms with Crippen LogP contribution in [0.2, 0.25) is 0 Å². The van der Waals surface area contributed by atoms with Gasteiger partial charge in [0, 0.05) is 16.6 Å². The van der Waals surface area contributed by atoms with Crippen LogP contribution in [-0.4, -0.2) is 22.6 Å². The number of carbonyl (C=O) groups excluding carboxylic acids is 2. The van der Waals surface area contributed by atoms with E-state index in [0.29, 0.717) is 29.7 Å². The summed E-state index contributed by atoms with van der Waals surface area (Å²) >= 11 is 4.55. The minimum Gasteiger partial charge on any atom is -0.488 e. The van der Waals surface area contributed by atoms with Crippen LogP contribution in [0, 0.1) is 5.92 Å². The molecule has 2 amide bonds. The molecule has 1 heterocycles. The van der Waals surface area contributed by atoms with Crippen molar-refractivity contribution in [3.63, 3.8) is 0 Å². The number of fused-ring (bicyclic) bond motifs is 1. The minimum absolute atomic E-state index is 0.171. The number of hydrogen-bond acceptors (Lipinski definition) is 4. The second kappa shape index (κ2) is 10.4. The molecule has 0 unspecified atom stereocenters. The highest BCUT2D eigenvalue weighted by atomic mass is 79.9. The predicted molar refractivity (Wildman–Crippen MR) is 142 cm³/mol. The van der Waals surface area contributed by atoms with Crippen LogP contribution < -0.4 is 4.74 Å². The third kappa shape index (κ3) is 5.08. The molecule has 1 aliphatic carbocycles. The summed E-state index contributed by atoms with van der Waals surface area (Å²) in [7, 11) is 0. The molecule has 1 saturated heterocycles. The van der Waals surface area contributed by atoms with Gasteiger partial charge in [-0.25, -0.2) is 0 Å². The summed E-state index contributed by atoms with van der Waals surface area (Å²) in [6.45, 7) is 0.942. The van der Waals surface area contributed by atoms with Crippen molar-refractivity contribution in [2.75, 3.05) is 6.54 Å². The third-order valence-corrected chi connectivity index (χ3v) is 7.96. The Morgan fingerprint density at radius 2 is 1.79 bits per heavy atom. The number of rotatable bonds is 6. The highest BCUT2D eigenvalue weighted by molar-refractivity contribution is 9.10. The van der Waals surface area contributed by atoms with Gasteiger partial charge in [0.1, 0.15) is 12.4 Å². The number of benzene rings is 3. The van der Waals surface area contributed by atoms with Gasteiger partial charge in [-0.05, 0) is 71.1 Å². The van der Waals surface area contributed by atoms with E-state index >= 15 is 0 Å². The van der Waals surface area contributed by atoms with Crippen LogP contribution >= 0.6 is 27.7 Å². The normalized spacial score (nSPS) is 18.3.